The van der Waals surface area contributed by atoms with Crippen molar-refractivity contribution in [1.82, 2.24) is 5.32 Å². The summed E-state index contributed by atoms with van der Waals surface area (Å²) in [6.45, 7) is 2.22. The fourth-order valence-corrected chi connectivity index (χ4v) is 3.08. The zero-order valence-corrected chi connectivity index (χ0v) is 13.2. The Balaban J connectivity index is 1.62. The fourth-order valence-electron chi connectivity index (χ4n) is 3.08. The minimum absolute atomic E-state index is 0.136. The Kier molecular flexibility index (Phi) is 4.63. The van der Waals surface area contributed by atoms with E-state index in [9.17, 15) is 9.59 Å². The molecule has 6 heteroatoms. The van der Waals surface area contributed by atoms with E-state index in [0.29, 0.717) is 39.0 Å². The summed E-state index contributed by atoms with van der Waals surface area (Å²) in [5, 5.41) is 2.92. The van der Waals surface area contributed by atoms with Crippen LogP contribution < -0.4 is 16.0 Å². The summed E-state index contributed by atoms with van der Waals surface area (Å²) < 4.78 is 5.26. The molecule has 2 heterocycles. The number of nitrogens with one attached hydrogen (secondary N) is 1. The molecule has 0 aliphatic carbocycles. The highest BCUT2D eigenvalue weighted by Crippen LogP contribution is 2.22. The van der Waals surface area contributed by atoms with Crippen LogP contribution in [0.15, 0.2) is 24.3 Å². The number of hydrogen-bond acceptors (Lipinski definition) is 4. The normalized spacial score (nSPS) is 20.6. The summed E-state index contributed by atoms with van der Waals surface area (Å²) in [7, 11) is 0. The van der Waals surface area contributed by atoms with Gasteiger partial charge >= 0.3 is 0 Å². The molecule has 0 bridgehead atoms. The van der Waals surface area contributed by atoms with E-state index in [4.69, 9.17) is 10.5 Å². The van der Waals surface area contributed by atoms with Gasteiger partial charge in [0.1, 0.15) is 0 Å². The number of hydrogen-bond donors (Lipinski definition) is 2. The molecule has 2 saturated heterocycles. The molecule has 1 aromatic carbocycles. The van der Waals surface area contributed by atoms with Gasteiger partial charge in [0.25, 0.3) is 0 Å². The summed E-state index contributed by atoms with van der Waals surface area (Å²) >= 11 is 0. The second-order valence-electron chi connectivity index (χ2n) is 6.27. The molecule has 2 aliphatic rings. The van der Waals surface area contributed by atoms with Gasteiger partial charge in [-0.25, -0.2) is 0 Å². The molecule has 3 N–H and O–H groups in total. The van der Waals surface area contributed by atoms with Crippen molar-refractivity contribution >= 4 is 17.5 Å². The number of carbonyl (C=O) groups is 2. The van der Waals surface area contributed by atoms with E-state index in [2.05, 4.69) is 5.32 Å². The molecule has 23 heavy (non-hydrogen) atoms. The van der Waals surface area contributed by atoms with Crippen LogP contribution in [-0.4, -0.2) is 37.1 Å². The molecule has 2 amide bonds. The van der Waals surface area contributed by atoms with Crippen molar-refractivity contribution < 1.29 is 14.3 Å². The van der Waals surface area contributed by atoms with Crippen molar-refractivity contribution in [3.63, 3.8) is 0 Å². The highest BCUT2D eigenvalue weighted by Gasteiger charge is 2.35. The summed E-state index contributed by atoms with van der Waals surface area (Å²) in [5.41, 5.74) is 7.20. The predicted octanol–water partition coefficient (Wildman–Crippen LogP) is 0.937. The van der Waals surface area contributed by atoms with E-state index in [1.165, 1.54) is 0 Å². The minimum atomic E-state index is -0.833. The molecule has 0 spiro atoms. The van der Waals surface area contributed by atoms with Crippen LogP contribution >= 0.6 is 0 Å². The predicted molar refractivity (Wildman–Crippen MR) is 86.8 cm³/mol. The Hall–Kier alpha value is -1.92. The molecule has 0 aromatic heterocycles. The maximum absolute atomic E-state index is 12.3. The summed E-state index contributed by atoms with van der Waals surface area (Å²) in [6.07, 6.45) is 2.60. The van der Waals surface area contributed by atoms with Crippen LogP contribution in [0.25, 0.3) is 0 Å². The number of ether oxygens (including phenoxy) is 1. The van der Waals surface area contributed by atoms with Crippen LogP contribution in [0.4, 0.5) is 5.69 Å². The Bertz CT molecular complexity index is 597. The van der Waals surface area contributed by atoms with E-state index in [-0.39, 0.29) is 11.8 Å². The molecule has 0 unspecified atom stereocenters. The van der Waals surface area contributed by atoms with Crippen LogP contribution in [0, 0.1) is 0 Å². The zero-order valence-electron chi connectivity index (χ0n) is 13.2. The number of anilines is 1. The first-order chi connectivity index (χ1) is 11.1. The molecule has 2 aliphatic heterocycles. The van der Waals surface area contributed by atoms with Gasteiger partial charge in [-0.1, -0.05) is 12.1 Å². The van der Waals surface area contributed by atoms with Gasteiger partial charge in [0, 0.05) is 38.4 Å². The second-order valence-corrected chi connectivity index (χ2v) is 6.27. The third-order valence-electron chi connectivity index (χ3n) is 4.59. The molecule has 1 aromatic rings. The molecule has 124 valence electrons. The maximum atomic E-state index is 12.3. The Morgan fingerprint density at radius 1 is 1.35 bits per heavy atom. The summed E-state index contributed by atoms with van der Waals surface area (Å²) in [4.78, 5) is 26.0. The molecule has 6 nitrogen and oxygen atoms in total. The van der Waals surface area contributed by atoms with Gasteiger partial charge < -0.3 is 20.7 Å². The van der Waals surface area contributed by atoms with Gasteiger partial charge in [-0.05, 0) is 37.0 Å². The van der Waals surface area contributed by atoms with Crippen LogP contribution in [-0.2, 0) is 20.9 Å². The lowest BCUT2D eigenvalue weighted by molar-refractivity contribution is -0.129. The van der Waals surface area contributed by atoms with Crippen molar-refractivity contribution in [2.45, 2.75) is 37.8 Å². The first-order valence-corrected chi connectivity index (χ1v) is 8.13. The fraction of sp³-hybridized carbons (Fsp3) is 0.529. The van der Waals surface area contributed by atoms with Crippen LogP contribution in [0.3, 0.4) is 0 Å². The van der Waals surface area contributed by atoms with Gasteiger partial charge in [0.2, 0.25) is 11.8 Å². The third-order valence-corrected chi connectivity index (χ3v) is 4.59. The quantitative estimate of drug-likeness (QED) is 0.865. The molecular weight excluding hydrogens is 294 g/mol. The van der Waals surface area contributed by atoms with Crippen molar-refractivity contribution in [2.75, 3.05) is 24.7 Å². The second kappa shape index (κ2) is 6.68. The Labute approximate surface area is 136 Å². The van der Waals surface area contributed by atoms with Gasteiger partial charge in [-0.3, -0.25) is 9.59 Å². The van der Waals surface area contributed by atoms with Crippen LogP contribution in [0.1, 0.15) is 31.2 Å². The van der Waals surface area contributed by atoms with E-state index < -0.39 is 5.54 Å². The SMILES string of the molecule is NC1(C(=O)NCc2cccc(N3CCCC3=O)c2)CCOCC1. The smallest absolute Gasteiger partial charge is 0.240 e. The molecular formula is C17H23N3O3. The topological polar surface area (TPSA) is 84.7 Å². The maximum Gasteiger partial charge on any atom is 0.240 e. The Morgan fingerprint density at radius 2 is 2.13 bits per heavy atom. The molecule has 2 fully saturated rings. The van der Waals surface area contributed by atoms with E-state index in [0.717, 1.165) is 24.2 Å². The number of nitrogens with zero attached hydrogens (tertiary/aromatic N) is 1. The van der Waals surface area contributed by atoms with Crippen molar-refractivity contribution in [3.05, 3.63) is 29.8 Å². The molecule has 0 atom stereocenters. The lowest BCUT2D eigenvalue weighted by Gasteiger charge is -2.31. The first kappa shape index (κ1) is 16.0. The first-order valence-electron chi connectivity index (χ1n) is 8.13. The lowest BCUT2D eigenvalue weighted by atomic mass is 9.90. The largest absolute Gasteiger partial charge is 0.381 e. The lowest BCUT2D eigenvalue weighted by Crippen LogP contribution is -2.56. The minimum Gasteiger partial charge on any atom is -0.381 e. The monoisotopic (exact) mass is 317 g/mol. The number of rotatable bonds is 4. The van der Waals surface area contributed by atoms with Crippen molar-refractivity contribution in [3.8, 4) is 0 Å². The number of carbonyl (C=O) groups excluding carboxylic acids is 2. The average Bonchev–Trinajstić information content (AvgIpc) is 2.99. The average molecular weight is 317 g/mol. The highest BCUT2D eigenvalue weighted by molar-refractivity contribution is 5.95. The van der Waals surface area contributed by atoms with Crippen LogP contribution in [0.5, 0.6) is 0 Å². The Morgan fingerprint density at radius 3 is 2.83 bits per heavy atom. The number of amides is 2. The van der Waals surface area contributed by atoms with Crippen molar-refractivity contribution in [2.24, 2.45) is 5.73 Å². The van der Waals surface area contributed by atoms with E-state index >= 15 is 0 Å². The van der Waals surface area contributed by atoms with E-state index in [1.54, 1.807) is 4.90 Å². The molecule has 0 saturated carbocycles. The van der Waals surface area contributed by atoms with Gasteiger partial charge in [0.05, 0.1) is 5.54 Å². The molecule has 3 rings (SSSR count). The third kappa shape index (κ3) is 3.54. The standard InChI is InChI=1S/C17H23N3O3/c18-17(6-9-23-10-7-17)16(22)19-12-13-3-1-4-14(11-13)20-8-2-5-15(20)21/h1,3-4,11H,2,5-10,12,18H2,(H,19,22). The van der Waals surface area contributed by atoms with Gasteiger partial charge in [0.15, 0.2) is 0 Å². The number of nitrogens with two attached hydrogens (primary N) is 1. The van der Waals surface area contributed by atoms with Crippen molar-refractivity contribution in [1.29, 1.82) is 0 Å². The number of benzene rings is 1. The van der Waals surface area contributed by atoms with Gasteiger partial charge in [-0.15, -0.1) is 0 Å². The highest BCUT2D eigenvalue weighted by atomic mass is 16.5. The van der Waals surface area contributed by atoms with E-state index in [1.807, 2.05) is 24.3 Å². The zero-order chi connectivity index (χ0) is 16.3. The van der Waals surface area contributed by atoms with Gasteiger partial charge in [-0.2, -0.15) is 0 Å². The molecule has 0 radical (unpaired) electrons. The van der Waals surface area contributed by atoms with Crippen LogP contribution in [0.2, 0.25) is 0 Å². The summed E-state index contributed by atoms with van der Waals surface area (Å²) in [5.74, 6) is 0.0257. The summed E-state index contributed by atoms with van der Waals surface area (Å²) in [6, 6.07) is 7.74.